The Morgan fingerprint density at radius 2 is 1.94 bits per heavy atom. The zero-order valence-corrected chi connectivity index (χ0v) is 9.93. The normalized spacial score (nSPS) is 16.1. The molecule has 0 saturated heterocycles. The van der Waals surface area contributed by atoms with Crippen molar-refractivity contribution in [1.29, 1.82) is 0 Å². The Bertz CT molecular complexity index is 349. The summed E-state index contributed by atoms with van der Waals surface area (Å²) in [6.45, 7) is 1.06. The maximum Gasteiger partial charge on any atom is 0.230 e. The maximum atomic E-state index is 11.9. The van der Waals surface area contributed by atoms with Crippen LogP contribution in [-0.4, -0.2) is 19.0 Å². The Labute approximate surface area is 102 Å². The van der Waals surface area contributed by atoms with E-state index in [1.165, 1.54) is 0 Å². The molecule has 2 rings (SSSR count). The van der Waals surface area contributed by atoms with Crippen LogP contribution in [-0.2, 0) is 10.2 Å². The van der Waals surface area contributed by atoms with Crippen molar-refractivity contribution in [3.8, 4) is 0 Å². The van der Waals surface area contributed by atoms with Gasteiger partial charge in [0.25, 0.3) is 0 Å². The number of nitrogens with two attached hydrogens (primary N) is 1. The zero-order chi connectivity index (χ0) is 10.7. The molecule has 1 aromatic carbocycles. The minimum absolute atomic E-state index is 0. The second kappa shape index (κ2) is 5.32. The average molecular weight is 241 g/mol. The fraction of sp³-hybridized carbons (Fsp3) is 0.417. The predicted octanol–water partition coefficient (Wildman–Crippen LogP) is 1.21. The van der Waals surface area contributed by atoms with E-state index in [1.54, 1.807) is 0 Å². The summed E-state index contributed by atoms with van der Waals surface area (Å²) in [4.78, 5) is 11.9. The highest BCUT2D eigenvalue weighted by Crippen LogP contribution is 2.48. The molecule has 1 aliphatic rings. The van der Waals surface area contributed by atoms with Gasteiger partial charge >= 0.3 is 0 Å². The molecule has 0 atom stereocenters. The largest absolute Gasteiger partial charge is 0.354 e. The van der Waals surface area contributed by atoms with Crippen molar-refractivity contribution in [3.05, 3.63) is 35.9 Å². The van der Waals surface area contributed by atoms with Crippen LogP contribution in [0.15, 0.2) is 30.3 Å². The van der Waals surface area contributed by atoms with Crippen LogP contribution in [0.25, 0.3) is 0 Å². The Hall–Kier alpha value is -1.06. The van der Waals surface area contributed by atoms with Gasteiger partial charge in [0.1, 0.15) is 0 Å². The number of rotatable bonds is 4. The third kappa shape index (κ3) is 2.36. The topological polar surface area (TPSA) is 55.1 Å². The summed E-state index contributed by atoms with van der Waals surface area (Å²) in [5.74, 6) is 0.124. The summed E-state index contributed by atoms with van der Waals surface area (Å²) in [5, 5.41) is 2.87. The van der Waals surface area contributed by atoms with Crippen LogP contribution >= 0.6 is 12.4 Å². The number of benzene rings is 1. The minimum atomic E-state index is -0.254. The number of nitrogens with one attached hydrogen (secondary N) is 1. The van der Waals surface area contributed by atoms with Crippen molar-refractivity contribution in [2.75, 3.05) is 13.1 Å². The van der Waals surface area contributed by atoms with E-state index in [0.717, 1.165) is 18.4 Å². The predicted molar refractivity (Wildman–Crippen MR) is 66.7 cm³/mol. The molecule has 16 heavy (non-hydrogen) atoms. The molecule has 0 aromatic heterocycles. The summed E-state index contributed by atoms with van der Waals surface area (Å²) in [7, 11) is 0. The van der Waals surface area contributed by atoms with Crippen LogP contribution in [0.2, 0.25) is 0 Å². The fourth-order valence-electron chi connectivity index (χ4n) is 1.88. The third-order valence-electron chi connectivity index (χ3n) is 2.94. The lowest BCUT2D eigenvalue weighted by Crippen LogP contribution is -2.37. The lowest BCUT2D eigenvalue weighted by molar-refractivity contribution is -0.123. The Balaban J connectivity index is 0.00000128. The molecule has 3 nitrogen and oxygen atoms in total. The van der Waals surface area contributed by atoms with Gasteiger partial charge in [-0.3, -0.25) is 4.79 Å². The highest BCUT2D eigenvalue weighted by atomic mass is 35.5. The zero-order valence-electron chi connectivity index (χ0n) is 9.11. The molecule has 1 aromatic rings. The van der Waals surface area contributed by atoms with Gasteiger partial charge in [-0.1, -0.05) is 30.3 Å². The second-order valence-corrected chi connectivity index (χ2v) is 3.99. The minimum Gasteiger partial charge on any atom is -0.354 e. The number of carbonyl (C=O) groups excluding carboxylic acids is 1. The van der Waals surface area contributed by atoms with E-state index in [-0.39, 0.29) is 23.7 Å². The monoisotopic (exact) mass is 240 g/mol. The van der Waals surface area contributed by atoms with Crippen molar-refractivity contribution in [3.63, 3.8) is 0 Å². The van der Waals surface area contributed by atoms with E-state index < -0.39 is 0 Å². The first-order valence-electron chi connectivity index (χ1n) is 5.33. The molecule has 1 saturated carbocycles. The van der Waals surface area contributed by atoms with Crippen LogP contribution in [0, 0.1) is 0 Å². The van der Waals surface area contributed by atoms with Gasteiger partial charge in [0.2, 0.25) is 5.91 Å². The highest BCUT2D eigenvalue weighted by Gasteiger charge is 2.50. The maximum absolute atomic E-state index is 11.9. The van der Waals surface area contributed by atoms with Crippen LogP contribution < -0.4 is 11.1 Å². The van der Waals surface area contributed by atoms with Gasteiger partial charge in [-0.15, -0.1) is 12.4 Å². The number of hydrogen-bond donors (Lipinski definition) is 2. The molecule has 1 fully saturated rings. The van der Waals surface area contributed by atoms with Gasteiger partial charge < -0.3 is 11.1 Å². The standard InChI is InChI=1S/C12H16N2O.ClH/c13-8-9-14-11(15)12(6-7-12)10-4-2-1-3-5-10;/h1-5H,6-9,13H2,(H,14,15);1H. The number of halogens is 1. The lowest BCUT2D eigenvalue weighted by atomic mass is 9.95. The van der Waals surface area contributed by atoms with Crippen molar-refractivity contribution in [2.45, 2.75) is 18.3 Å². The summed E-state index contributed by atoms with van der Waals surface area (Å²) in [5.41, 5.74) is 6.24. The van der Waals surface area contributed by atoms with Crippen LogP contribution in [0.3, 0.4) is 0 Å². The summed E-state index contributed by atoms with van der Waals surface area (Å²) < 4.78 is 0. The summed E-state index contributed by atoms with van der Waals surface area (Å²) in [6.07, 6.45) is 1.90. The van der Waals surface area contributed by atoms with E-state index in [4.69, 9.17) is 5.73 Å². The van der Waals surface area contributed by atoms with Gasteiger partial charge in [0.05, 0.1) is 5.41 Å². The molecule has 3 N–H and O–H groups in total. The van der Waals surface area contributed by atoms with Gasteiger partial charge in [0, 0.05) is 13.1 Å². The molecule has 0 unspecified atom stereocenters. The molecule has 0 aliphatic heterocycles. The molecule has 1 amide bonds. The van der Waals surface area contributed by atoms with E-state index in [9.17, 15) is 4.79 Å². The lowest BCUT2D eigenvalue weighted by Gasteiger charge is -2.15. The van der Waals surface area contributed by atoms with E-state index >= 15 is 0 Å². The van der Waals surface area contributed by atoms with Gasteiger partial charge in [-0.05, 0) is 18.4 Å². The van der Waals surface area contributed by atoms with Crippen molar-refractivity contribution in [2.24, 2.45) is 5.73 Å². The first-order valence-corrected chi connectivity index (χ1v) is 5.33. The molecule has 1 aliphatic carbocycles. The van der Waals surface area contributed by atoms with Crippen molar-refractivity contribution >= 4 is 18.3 Å². The van der Waals surface area contributed by atoms with Crippen LogP contribution in [0.1, 0.15) is 18.4 Å². The van der Waals surface area contributed by atoms with Crippen molar-refractivity contribution in [1.82, 2.24) is 5.32 Å². The molecular formula is C12H17ClN2O. The van der Waals surface area contributed by atoms with Gasteiger partial charge in [-0.25, -0.2) is 0 Å². The van der Waals surface area contributed by atoms with Gasteiger partial charge in [-0.2, -0.15) is 0 Å². The Morgan fingerprint density at radius 3 is 2.44 bits per heavy atom. The molecule has 0 heterocycles. The molecule has 88 valence electrons. The third-order valence-corrected chi connectivity index (χ3v) is 2.94. The fourth-order valence-corrected chi connectivity index (χ4v) is 1.88. The van der Waals surface area contributed by atoms with E-state index in [1.807, 2.05) is 30.3 Å². The molecule has 0 spiro atoms. The molecule has 4 heteroatoms. The summed E-state index contributed by atoms with van der Waals surface area (Å²) >= 11 is 0. The van der Waals surface area contributed by atoms with Crippen LogP contribution in [0.4, 0.5) is 0 Å². The van der Waals surface area contributed by atoms with Crippen molar-refractivity contribution < 1.29 is 4.79 Å². The molecule has 0 bridgehead atoms. The molecule has 0 radical (unpaired) electrons. The first-order chi connectivity index (χ1) is 7.29. The Kier molecular flexibility index (Phi) is 4.33. The first kappa shape index (κ1) is 13.0. The number of carbonyl (C=O) groups is 1. The van der Waals surface area contributed by atoms with E-state index in [0.29, 0.717) is 13.1 Å². The SMILES string of the molecule is Cl.NCCNC(=O)C1(c2ccccc2)CC1. The number of hydrogen-bond acceptors (Lipinski definition) is 2. The highest BCUT2D eigenvalue weighted by molar-refractivity contribution is 5.91. The van der Waals surface area contributed by atoms with E-state index in [2.05, 4.69) is 5.32 Å². The quantitative estimate of drug-likeness (QED) is 0.832. The van der Waals surface area contributed by atoms with Gasteiger partial charge in [0.15, 0.2) is 0 Å². The molecular weight excluding hydrogens is 224 g/mol. The van der Waals surface area contributed by atoms with Crippen LogP contribution in [0.5, 0.6) is 0 Å². The summed E-state index contributed by atoms with van der Waals surface area (Å²) in [6, 6.07) is 9.97. The average Bonchev–Trinajstić information content (AvgIpc) is 3.08. The Morgan fingerprint density at radius 1 is 1.31 bits per heavy atom. The number of amides is 1. The second-order valence-electron chi connectivity index (χ2n) is 3.99. The smallest absolute Gasteiger partial charge is 0.230 e.